The van der Waals surface area contributed by atoms with E-state index in [0.29, 0.717) is 0 Å². The van der Waals surface area contributed by atoms with Gasteiger partial charge >= 0.3 is 0 Å². The number of aliphatic hydroxyl groups excluding tert-OH is 1. The van der Waals surface area contributed by atoms with E-state index in [2.05, 4.69) is 11.8 Å². The highest BCUT2D eigenvalue weighted by molar-refractivity contribution is 4.57. The van der Waals surface area contributed by atoms with E-state index in [1.807, 2.05) is 14.0 Å². The fraction of sp³-hybridized carbons (Fsp3) is 1.00. The normalized spacial score (nSPS) is 14.1. The Bertz CT molecular complexity index is 75.7. The Balaban J connectivity index is 3.27. The zero-order valence-electron chi connectivity index (χ0n) is 7.30. The molecule has 0 fully saturated rings. The van der Waals surface area contributed by atoms with Gasteiger partial charge in [-0.2, -0.15) is 0 Å². The predicted molar refractivity (Wildman–Crippen MR) is 44.1 cm³/mol. The molecule has 0 heterocycles. The summed E-state index contributed by atoms with van der Waals surface area (Å²) in [5, 5.41) is 9.21. The van der Waals surface area contributed by atoms with E-state index in [1.54, 1.807) is 0 Å². The predicted octanol–water partition coefficient (Wildman–Crippen LogP) is 1.10. The molecule has 0 aliphatic rings. The molecule has 2 nitrogen and oxygen atoms in total. The topological polar surface area (TPSA) is 23.5 Å². The molecular formula is C8H19NO. The van der Waals surface area contributed by atoms with E-state index < -0.39 is 0 Å². The average molecular weight is 145 g/mol. The van der Waals surface area contributed by atoms with Gasteiger partial charge in [-0.15, -0.1) is 0 Å². The van der Waals surface area contributed by atoms with Gasteiger partial charge < -0.3 is 10.0 Å². The van der Waals surface area contributed by atoms with Gasteiger partial charge in [0.05, 0.1) is 6.10 Å². The maximum absolute atomic E-state index is 9.21. The highest BCUT2D eigenvalue weighted by atomic mass is 16.3. The molecule has 62 valence electrons. The minimum absolute atomic E-state index is 0.142. The quantitative estimate of drug-likeness (QED) is 0.626. The van der Waals surface area contributed by atoms with E-state index in [4.69, 9.17) is 0 Å². The summed E-state index contributed by atoms with van der Waals surface area (Å²) in [7, 11) is 2.04. The molecule has 0 bridgehead atoms. The summed E-state index contributed by atoms with van der Waals surface area (Å²) in [5.74, 6) is 0. The fourth-order valence-corrected chi connectivity index (χ4v) is 0.962. The Morgan fingerprint density at radius 2 is 2.00 bits per heavy atom. The number of rotatable bonds is 5. The van der Waals surface area contributed by atoms with Crippen LogP contribution in [0.4, 0.5) is 0 Å². The van der Waals surface area contributed by atoms with Crippen molar-refractivity contribution in [2.45, 2.75) is 32.8 Å². The van der Waals surface area contributed by atoms with Crippen molar-refractivity contribution in [3.63, 3.8) is 0 Å². The standard InChI is InChI=1S/C8H19NO/c1-4-6-9(3)7-8(10)5-2/h8,10H,4-7H2,1-3H3/t8-/m0/s1. The van der Waals surface area contributed by atoms with Crippen LogP contribution in [0.15, 0.2) is 0 Å². The summed E-state index contributed by atoms with van der Waals surface area (Å²) < 4.78 is 0. The van der Waals surface area contributed by atoms with E-state index in [-0.39, 0.29) is 6.10 Å². The van der Waals surface area contributed by atoms with Crippen LogP contribution < -0.4 is 0 Å². The summed E-state index contributed by atoms with van der Waals surface area (Å²) in [6, 6.07) is 0. The van der Waals surface area contributed by atoms with Crippen LogP contribution in [0.2, 0.25) is 0 Å². The molecule has 0 rings (SSSR count). The van der Waals surface area contributed by atoms with Gasteiger partial charge in [0.1, 0.15) is 0 Å². The van der Waals surface area contributed by atoms with Crippen molar-refractivity contribution >= 4 is 0 Å². The average Bonchev–Trinajstić information content (AvgIpc) is 1.88. The van der Waals surface area contributed by atoms with Crippen molar-refractivity contribution in [1.29, 1.82) is 0 Å². The molecule has 0 saturated heterocycles. The lowest BCUT2D eigenvalue weighted by Crippen LogP contribution is -2.29. The molecule has 0 aromatic rings. The maximum Gasteiger partial charge on any atom is 0.0664 e. The number of aliphatic hydroxyl groups is 1. The molecular weight excluding hydrogens is 126 g/mol. The summed E-state index contributed by atoms with van der Waals surface area (Å²) in [4.78, 5) is 2.16. The molecule has 10 heavy (non-hydrogen) atoms. The first-order valence-electron chi connectivity index (χ1n) is 4.07. The minimum Gasteiger partial charge on any atom is -0.392 e. The highest BCUT2D eigenvalue weighted by Crippen LogP contribution is 1.94. The van der Waals surface area contributed by atoms with Crippen LogP contribution in [0, 0.1) is 0 Å². The number of likely N-dealkylation sites (N-methyl/N-ethyl adjacent to an activating group) is 1. The third-order valence-electron chi connectivity index (χ3n) is 1.60. The fourth-order valence-electron chi connectivity index (χ4n) is 0.962. The lowest BCUT2D eigenvalue weighted by Gasteiger charge is -2.18. The van der Waals surface area contributed by atoms with Crippen LogP contribution in [0.1, 0.15) is 26.7 Å². The molecule has 0 unspecified atom stereocenters. The summed E-state index contributed by atoms with van der Waals surface area (Å²) in [6.45, 7) is 6.04. The van der Waals surface area contributed by atoms with Crippen LogP contribution in [0.3, 0.4) is 0 Å². The molecule has 0 spiro atoms. The highest BCUT2D eigenvalue weighted by Gasteiger charge is 2.03. The van der Waals surface area contributed by atoms with Gasteiger partial charge in [-0.1, -0.05) is 13.8 Å². The van der Waals surface area contributed by atoms with Crippen LogP contribution in [0.25, 0.3) is 0 Å². The van der Waals surface area contributed by atoms with Gasteiger partial charge in [-0.05, 0) is 26.4 Å². The lowest BCUT2D eigenvalue weighted by molar-refractivity contribution is 0.122. The second kappa shape index (κ2) is 5.69. The van der Waals surface area contributed by atoms with E-state index in [9.17, 15) is 5.11 Å². The van der Waals surface area contributed by atoms with Gasteiger partial charge in [-0.25, -0.2) is 0 Å². The molecule has 2 heteroatoms. The van der Waals surface area contributed by atoms with Crippen molar-refractivity contribution in [2.75, 3.05) is 20.1 Å². The van der Waals surface area contributed by atoms with Gasteiger partial charge in [0, 0.05) is 6.54 Å². The lowest BCUT2D eigenvalue weighted by atomic mass is 10.2. The largest absolute Gasteiger partial charge is 0.392 e. The molecule has 1 N–H and O–H groups in total. The Kier molecular flexibility index (Phi) is 5.64. The first kappa shape index (κ1) is 9.92. The number of nitrogens with zero attached hydrogens (tertiary/aromatic N) is 1. The molecule has 0 aromatic heterocycles. The molecule has 1 atom stereocenters. The van der Waals surface area contributed by atoms with E-state index in [1.165, 1.54) is 0 Å². The molecule has 0 aromatic carbocycles. The summed E-state index contributed by atoms with van der Waals surface area (Å²) >= 11 is 0. The zero-order chi connectivity index (χ0) is 7.98. The second-order valence-electron chi connectivity index (χ2n) is 2.82. The third-order valence-corrected chi connectivity index (χ3v) is 1.60. The number of hydrogen-bond donors (Lipinski definition) is 1. The SMILES string of the molecule is CCCN(C)C[C@@H](O)CC. The first-order chi connectivity index (χ1) is 4.70. The van der Waals surface area contributed by atoms with Crippen LogP contribution >= 0.6 is 0 Å². The van der Waals surface area contributed by atoms with Gasteiger partial charge in [0.15, 0.2) is 0 Å². The summed E-state index contributed by atoms with van der Waals surface area (Å²) in [5.41, 5.74) is 0. The van der Waals surface area contributed by atoms with E-state index >= 15 is 0 Å². The third kappa shape index (κ3) is 4.77. The smallest absolute Gasteiger partial charge is 0.0664 e. The maximum atomic E-state index is 9.21. The summed E-state index contributed by atoms with van der Waals surface area (Å²) in [6.07, 6.45) is 1.87. The van der Waals surface area contributed by atoms with Gasteiger partial charge in [-0.3, -0.25) is 0 Å². The van der Waals surface area contributed by atoms with Crippen LogP contribution in [-0.4, -0.2) is 36.2 Å². The first-order valence-corrected chi connectivity index (χ1v) is 4.07. The van der Waals surface area contributed by atoms with Crippen molar-refractivity contribution < 1.29 is 5.11 Å². The molecule has 0 saturated carbocycles. The van der Waals surface area contributed by atoms with Gasteiger partial charge in [0.25, 0.3) is 0 Å². The van der Waals surface area contributed by atoms with Crippen molar-refractivity contribution in [1.82, 2.24) is 4.90 Å². The molecule has 0 aliphatic heterocycles. The van der Waals surface area contributed by atoms with E-state index in [0.717, 1.165) is 25.9 Å². The monoisotopic (exact) mass is 145 g/mol. The zero-order valence-corrected chi connectivity index (χ0v) is 7.30. The van der Waals surface area contributed by atoms with Crippen molar-refractivity contribution in [3.8, 4) is 0 Å². The molecule has 0 amide bonds. The van der Waals surface area contributed by atoms with Gasteiger partial charge in [0.2, 0.25) is 0 Å². The Labute approximate surface area is 63.8 Å². The van der Waals surface area contributed by atoms with Crippen molar-refractivity contribution in [3.05, 3.63) is 0 Å². The van der Waals surface area contributed by atoms with Crippen LogP contribution in [-0.2, 0) is 0 Å². The molecule has 0 radical (unpaired) electrons. The number of hydrogen-bond acceptors (Lipinski definition) is 2. The Morgan fingerprint density at radius 3 is 2.40 bits per heavy atom. The van der Waals surface area contributed by atoms with Crippen LogP contribution in [0.5, 0.6) is 0 Å². The Morgan fingerprint density at radius 1 is 1.40 bits per heavy atom. The Hall–Kier alpha value is -0.0800. The second-order valence-corrected chi connectivity index (χ2v) is 2.82. The minimum atomic E-state index is -0.142. The molecule has 0 aliphatic carbocycles. The van der Waals surface area contributed by atoms with Crippen molar-refractivity contribution in [2.24, 2.45) is 0 Å².